The van der Waals surface area contributed by atoms with Gasteiger partial charge < -0.3 is 10.0 Å². The first-order valence-corrected chi connectivity index (χ1v) is 3.71. The van der Waals surface area contributed by atoms with Crippen molar-refractivity contribution in [2.45, 2.75) is 25.1 Å². The Hall–Kier alpha value is -0.150. The Morgan fingerprint density at radius 3 is 3.00 bits per heavy atom. The van der Waals surface area contributed by atoms with Gasteiger partial charge in [0.25, 0.3) is 0 Å². The molecule has 0 amide bonds. The molecular weight excluding hydrogens is 133 g/mol. The molecule has 10 heavy (non-hydrogen) atoms. The molecule has 1 unspecified atom stereocenters. The second-order valence-electron chi connectivity index (χ2n) is 2.99. The summed E-state index contributed by atoms with van der Waals surface area (Å²) in [5.41, 5.74) is 0. The van der Waals surface area contributed by atoms with Gasteiger partial charge in [-0.3, -0.25) is 0 Å². The third-order valence-corrected chi connectivity index (χ3v) is 1.94. The average molecular weight is 147 g/mol. The van der Waals surface area contributed by atoms with E-state index in [0.717, 1.165) is 13.0 Å². The normalized spacial score (nSPS) is 37.5. The fourth-order valence-electron chi connectivity index (χ4n) is 1.26. The van der Waals surface area contributed by atoms with E-state index in [1.165, 1.54) is 0 Å². The topological polar surface area (TPSA) is 23.5 Å². The van der Waals surface area contributed by atoms with Crippen LogP contribution in [-0.2, 0) is 0 Å². The Kier molecular flexibility index (Phi) is 2.63. The van der Waals surface area contributed by atoms with Crippen LogP contribution in [0.3, 0.4) is 0 Å². The second-order valence-corrected chi connectivity index (χ2v) is 2.99. The number of aliphatic hydroxyl groups is 1. The van der Waals surface area contributed by atoms with E-state index >= 15 is 0 Å². The number of hydrogen-bond donors (Lipinski definition) is 1. The van der Waals surface area contributed by atoms with E-state index in [0.29, 0.717) is 13.0 Å². The van der Waals surface area contributed by atoms with Crippen molar-refractivity contribution in [1.29, 1.82) is 0 Å². The van der Waals surface area contributed by atoms with Gasteiger partial charge in [-0.05, 0) is 26.4 Å². The lowest BCUT2D eigenvalue weighted by Crippen LogP contribution is -2.30. The molecule has 1 aliphatic rings. The molecule has 60 valence electrons. The van der Waals surface area contributed by atoms with Crippen molar-refractivity contribution in [3.8, 4) is 0 Å². The molecule has 1 rings (SSSR count). The van der Waals surface area contributed by atoms with Gasteiger partial charge in [-0.25, -0.2) is 4.39 Å². The van der Waals surface area contributed by atoms with E-state index in [1.807, 2.05) is 11.9 Å². The summed E-state index contributed by atoms with van der Waals surface area (Å²) in [7, 11) is 1.88. The van der Waals surface area contributed by atoms with Crippen LogP contribution in [0.4, 0.5) is 4.39 Å². The largest absolute Gasteiger partial charge is 0.390 e. The fraction of sp³-hybridized carbons (Fsp3) is 1.00. The highest BCUT2D eigenvalue weighted by Crippen LogP contribution is 2.12. The molecule has 3 heteroatoms. The van der Waals surface area contributed by atoms with Crippen molar-refractivity contribution in [2.24, 2.45) is 0 Å². The van der Waals surface area contributed by atoms with Gasteiger partial charge >= 0.3 is 0 Å². The summed E-state index contributed by atoms with van der Waals surface area (Å²) in [4.78, 5) is 1.92. The van der Waals surface area contributed by atoms with Gasteiger partial charge in [0, 0.05) is 6.54 Å². The maximum atomic E-state index is 12.8. The van der Waals surface area contributed by atoms with Crippen LogP contribution in [0.5, 0.6) is 0 Å². The van der Waals surface area contributed by atoms with Crippen molar-refractivity contribution in [2.75, 3.05) is 20.1 Å². The van der Waals surface area contributed by atoms with Crippen molar-refractivity contribution < 1.29 is 9.50 Å². The van der Waals surface area contributed by atoms with Crippen LogP contribution < -0.4 is 0 Å². The molecule has 2 atom stereocenters. The molecule has 0 bridgehead atoms. The van der Waals surface area contributed by atoms with Crippen LogP contribution in [-0.4, -0.2) is 42.4 Å². The van der Waals surface area contributed by atoms with Crippen LogP contribution in [0.2, 0.25) is 0 Å². The van der Waals surface area contributed by atoms with Crippen LogP contribution in [0.25, 0.3) is 0 Å². The lowest BCUT2D eigenvalue weighted by atomic mass is 10.1. The molecule has 1 fully saturated rings. The minimum atomic E-state index is -1.05. The summed E-state index contributed by atoms with van der Waals surface area (Å²) in [6.45, 7) is 1.28. The molecule has 0 aromatic carbocycles. The quantitative estimate of drug-likeness (QED) is 0.536. The number of hydrogen-bond acceptors (Lipinski definition) is 2. The highest BCUT2D eigenvalue weighted by atomic mass is 19.1. The number of likely N-dealkylation sites (tertiary alicyclic amines) is 1. The third-order valence-electron chi connectivity index (χ3n) is 1.94. The predicted octanol–water partition coefficient (Wildman–Crippen LogP) is 0.411. The average Bonchev–Trinajstić information content (AvgIpc) is 1.96. The summed E-state index contributed by atoms with van der Waals surface area (Å²) < 4.78 is 12.8. The first-order chi connectivity index (χ1) is 4.70. The van der Waals surface area contributed by atoms with Gasteiger partial charge in [0.2, 0.25) is 0 Å². The van der Waals surface area contributed by atoms with E-state index in [9.17, 15) is 4.39 Å². The Morgan fingerprint density at radius 1 is 1.60 bits per heavy atom. The number of rotatable bonds is 0. The molecule has 0 saturated carbocycles. The highest BCUT2D eigenvalue weighted by molar-refractivity contribution is 4.75. The zero-order valence-corrected chi connectivity index (χ0v) is 6.26. The molecule has 0 aromatic heterocycles. The summed E-state index contributed by atoms with van der Waals surface area (Å²) >= 11 is 0. The number of halogens is 1. The maximum Gasteiger partial charge on any atom is 0.138 e. The smallest absolute Gasteiger partial charge is 0.138 e. The van der Waals surface area contributed by atoms with Crippen molar-refractivity contribution in [1.82, 2.24) is 4.90 Å². The second kappa shape index (κ2) is 3.30. The molecule has 0 spiro atoms. The van der Waals surface area contributed by atoms with E-state index in [-0.39, 0.29) is 0 Å². The molecule has 1 heterocycles. The predicted molar refractivity (Wildman–Crippen MR) is 37.6 cm³/mol. The first kappa shape index (κ1) is 7.95. The number of nitrogens with zero attached hydrogens (tertiary/aromatic N) is 1. The summed E-state index contributed by atoms with van der Waals surface area (Å²) in [5.74, 6) is 0. The lowest BCUT2D eigenvalue weighted by molar-refractivity contribution is 0.0685. The minimum absolute atomic E-state index is 0.376. The SMILES string of the molecule is CN1CCCC(O)[C@H](F)C1. The van der Waals surface area contributed by atoms with Crippen LogP contribution >= 0.6 is 0 Å². The standard InChI is InChI=1S/C7H14FNO/c1-9-4-2-3-7(10)6(8)5-9/h6-7,10H,2-5H2,1H3/t6-,7?/m1/s1. The molecule has 2 nitrogen and oxygen atoms in total. The molecule has 1 aliphatic heterocycles. The molecule has 1 N–H and O–H groups in total. The number of alkyl halides is 1. The van der Waals surface area contributed by atoms with Crippen LogP contribution in [0.15, 0.2) is 0 Å². The van der Waals surface area contributed by atoms with Gasteiger partial charge in [0.05, 0.1) is 6.10 Å². The Balaban J connectivity index is 2.41. The zero-order chi connectivity index (χ0) is 7.56. The fourth-order valence-corrected chi connectivity index (χ4v) is 1.26. The van der Waals surface area contributed by atoms with Crippen LogP contribution in [0, 0.1) is 0 Å². The first-order valence-electron chi connectivity index (χ1n) is 3.71. The van der Waals surface area contributed by atoms with E-state index in [4.69, 9.17) is 5.11 Å². The Morgan fingerprint density at radius 2 is 2.30 bits per heavy atom. The van der Waals surface area contributed by atoms with Crippen molar-refractivity contribution in [3.63, 3.8) is 0 Å². The lowest BCUT2D eigenvalue weighted by Gasteiger charge is -2.15. The summed E-state index contributed by atoms with van der Waals surface area (Å²) in [6, 6.07) is 0. The molecule has 1 saturated heterocycles. The van der Waals surface area contributed by atoms with Crippen molar-refractivity contribution in [3.05, 3.63) is 0 Å². The molecule has 0 aliphatic carbocycles. The summed E-state index contributed by atoms with van der Waals surface area (Å²) in [6.07, 6.45) is -0.277. The van der Waals surface area contributed by atoms with Crippen molar-refractivity contribution >= 4 is 0 Å². The molecular formula is C7H14FNO. The van der Waals surface area contributed by atoms with Crippen LogP contribution in [0.1, 0.15) is 12.8 Å². The number of aliphatic hydroxyl groups excluding tert-OH is 1. The van der Waals surface area contributed by atoms with E-state index in [2.05, 4.69) is 0 Å². The Labute approximate surface area is 60.6 Å². The minimum Gasteiger partial charge on any atom is -0.390 e. The van der Waals surface area contributed by atoms with Gasteiger partial charge in [-0.2, -0.15) is 0 Å². The monoisotopic (exact) mass is 147 g/mol. The van der Waals surface area contributed by atoms with Gasteiger partial charge in [0.1, 0.15) is 6.17 Å². The third kappa shape index (κ3) is 1.92. The van der Waals surface area contributed by atoms with Gasteiger partial charge in [-0.15, -0.1) is 0 Å². The van der Waals surface area contributed by atoms with E-state index < -0.39 is 12.3 Å². The van der Waals surface area contributed by atoms with Gasteiger partial charge in [-0.1, -0.05) is 0 Å². The highest BCUT2D eigenvalue weighted by Gasteiger charge is 2.22. The molecule has 0 radical (unpaired) electrons. The zero-order valence-electron chi connectivity index (χ0n) is 6.26. The summed E-state index contributed by atoms with van der Waals surface area (Å²) in [5, 5.41) is 9.07. The Bertz CT molecular complexity index is 110. The molecule has 0 aromatic rings. The maximum absolute atomic E-state index is 12.8. The van der Waals surface area contributed by atoms with Gasteiger partial charge in [0.15, 0.2) is 0 Å². The van der Waals surface area contributed by atoms with E-state index in [1.54, 1.807) is 0 Å².